The lowest BCUT2D eigenvalue weighted by molar-refractivity contribution is 0.509. The Labute approximate surface area is 260 Å². The van der Waals surface area contributed by atoms with Crippen molar-refractivity contribution in [3.63, 3.8) is 0 Å². The Morgan fingerprint density at radius 3 is 2.52 bits per heavy atom. The van der Waals surface area contributed by atoms with Crippen LogP contribution in [0.15, 0.2) is 58.4 Å². The van der Waals surface area contributed by atoms with E-state index in [0.717, 1.165) is 30.4 Å². The number of primary sulfonamides is 1. The van der Waals surface area contributed by atoms with Crippen LogP contribution >= 0.6 is 11.6 Å². The molecule has 2 aromatic carbocycles. The standard InChI is InChI=1S/C30H38ClFN8O3S/c1-18(2)4-3-5-20-12-24(27(32)25(31)13-20)26-14-21-16-40(30(41)39-28(21)38-26)23-8-6-19(7-9-23)15-37-22(17-44(35,42)43)10-11-36-29(33)34/h6-9,12-14,16,18,22,37H,3-5,10-11,15,17H2,1-2H3,(H4,33,34,36)(H2,35,42,43)(H,38,39,41)/t22-/m1/s1. The zero-order valence-electron chi connectivity index (χ0n) is 24.7. The van der Waals surface area contributed by atoms with E-state index in [1.807, 2.05) is 12.1 Å². The Hall–Kier alpha value is -3.78. The smallest absolute Gasteiger partial charge is 0.354 e. The number of halogens is 2. The Morgan fingerprint density at radius 1 is 1.14 bits per heavy atom. The summed E-state index contributed by atoms with van der Waals surface area (Å²) in [4.78, 5) is 24.1. The molecule has 14 heteroatoms. The van der Waals surface area contributed by atoms with Crippen LogP contribution in [0.1, 0.15) is 44.2 Å². The van der Waals surface area contributed by atoms with Gasteiger partial charge in [0.2, 0.25) is 10.0 Å². The molecule has 1 atom stereocenters. The van der Waals surface area contributed by atoms with Gasteiger partial charge in [0, 0.05) is 36.3 Å². The summed E-state index contributed by atoms with van der Waals surface area (Å²) in [5.41, 5.74) is 13.7. The molecule has 0 aliphatic heterocycles. The summed E-state index contributed by atoms with van der Waals surface area (Å²) in [6.07, 6.45) is 4.83. The lowest BCUT2D eigenvalue weighted by atomic mass is 10.00. The first-order valence-electron chi connectivity index (χ1n) is 14.3. The van der Waals surface area contributed by atoms with Gasteiger partial charge in [0.05, 0.1) is 22.2 Å². The maximum absolute atomic E-state index is 15.1. The van der Waals surface area contributed by atoms with Gasteiger partial charge >= 0.3 is 5.69 Å². The van der Waals surface area contributed by atoms with Gasteiger partial charge in [-0.05, 0) is 66.6 Å². The number of nitrogens with two attached hydrogens (primary N) is 3. The number of hydrogen-bond donors (Lipinski definition) is 5. The zero-order chi connectivity index (χ0) is 32.0. The second kappa shape index (κ2) is 14.3. The van der Waals surface area contributed by atoms with E-state index < -0.39 is 27.6 Å². The summed E-state index contributed by atoms with van der Waals surface area (Å²) in [5.74, 6) is -0.308. The third-order valence-corrected chi connectivity index (χ3v) is 8.29. The maximum atomic E-state index is 15.1. The quantitative estimate of drug-likeness (QED) is 0.102. The van der Waals surface area contributed by atoms with E-state index in [-0.39, 0.29) is 23.3 Å². The number of aromatic amines is 1. The normalized spacial score (nSPS) is 12.6. The number of aliphatic imine (C=N–C) groups is 1. The second-order valence-electron chi connectivity index (χ2n) is 11.3. The number of aryl methyl sites for hydroxylation is 1. The predicted octanol–water partition coefficient (Wildman–Crippen LogP) is 3.56. The Morgan fingerprint density at radius 2 is 1.86 bits per heavy atom. The summed E-state index contributed by atoms with van der Waals surface area (Å²) < 4.78 is 39.8. The topological polar surface area (TPSA) is 187 Å². The summed E-state index contributed by atoms with van der Waals surface area (Å²) in [7, 11) is -3.72. The van der Waals surface area contributed by atoms with Gasteiger partial charge in [0.15, 0.2) is 11.8 Å². The summed E-state index contributed by atoms with van der Waals surface area (Å²) in [6, 6.07) is 11.9. The monoisotopic (exact) mass is 644 g/mol. The van der Waals surface area contributed by atoms with Crippen molar-refractivity contribution >= 4 is 38.6 Å². The molecule has 2 aromatic heterocycles. The van der Waals surface area contributed by atoms with E-state index in [2.05, 4.69) is 34.1 Å². The highest BCUT2D eigenvalue weighted by molar-refractivity contribution is 7.89. The first kappa shape index (κ1) is 33.1. The number of nitrogens with zero attached hydrogens (tertiary/aromatic N) is 3. The number of rotatable bonds is 14. The van der Waals surface area contributed by atoms with Crippen LogP contribution in [0.5, 0.6) is 0 Å². The minimum absolute atomic E-state index is 0.0487. The van der Waals surface area contributed by atoms with Gasteiger partial charge in [0.25, 0.3) is 0 Å². The molecule has 0 fully saturated rings. The highest BCUT2D eigenvalue weighted by Gasteiger charge is 2.17. The van der Waals surface area contributed by atoms with E-state index in [4.69, 9.17) is 28.2 Å². The number of hydrogen-bond acceptors (Lipinski definition) is 6. The summed E-state index contributed by atoms with van der Waals surface area (Å²) in [6.45, 7) is 4.93. The molecule has 4 rings (SSSR count). The molecular formula is C30H38ClFN8O3S. The molecule has 0 saturated heterocycles. The molecule has 4 aromatic rings. The van der Waals surface area contributed by atoms with E-state index in [1.54, 1.807) is 36.5 Å². The van der Waals surface area contributed by atoms with Crippen molar-refractivity contribution in [1.82, 2.24) is 19.9 Å². The number of H-pyrrole nitrogens is 1. The fourth-order valence-corrected chi connectivity index (χ4v) is 6.02. The Balaban J connectivity index is 1.52. The predicted molar refractivity (Wildman–Crippen MR) is 174 cm³/mol. The van der Waals surface area contributed by atoms with Gasteiger partial charge in [-0.3, -0.25) is 9.56 Å². The molecule has 0 unspecified atom stereocenters. The molecule has 2 heterocycles. The number of fused-ring (bicyclic) bond motifs is 1. The largest absolute Gasteiger partial charge is 0.370 e. The fourth-order valence-electron chi connectivity index (χ4n) is 4.94. The van der Waals surface area contributed by atoms with Crippen LogP contribution in [0.4, 0.5) is 4.39 Å². The third kappa shape index (κ3) is 9.11. The highest BCUT2D eigenvalue weighted by Crippen LogP contribution is 2.31. The molecule has 0 amide bonds. The molecule has 236 valence electrons. The first-order valence-corrected chi connectivity index (χ1v) is 16.4. The lowest BCUT2D eigenvalue weighted by Gasteiger charge is -2.17. The Kier molecular flexibility index (Phi) is 10.8. The average molecular weight is 645 g/mol. The van der Waals surface area contributed by atoms with Crippen LogP contribution in [-0.4, -0.2) is 47.3 Å². The van der Waals surface area contributed by atoms with Crippen LogP contribution in [0.25, 0.3) is 28.0 Å². The van der Waals surface area contributed by atoms with Gasteiger partial charge in [-0.15, -0.1) is 0 Å². The van der Waals surface area contributed by atoms with Gasteiger partial charge in [-0.1, -0.05) is 44.0 Å². The van der Waals surface area contributed by atoms with E-state index in [0.29, 0.717) is 46.9 Å². The van der Waals surface area contributed by atoms with Crippen molar-refractivity contribution in [1.29, 1.82) is 0 Å². The molecule has 44 heavy (non-hydrogen) atoms. The zero-order valence-corrected chi connectivity index (χ0v) is 26.3. The van der Waals surface area contributed by atoms with E-state index in [9.17, 15) is 13.2 Å². The van der Waals surface area contributed by atoms with Gasteiger partial charge < -0.3 is 21.8 Å². The first-order chi connectivity index (χ1) is 20.8. The number of benzene rings is 2. The Bertz CT molecular complexity index is 1800. The van der Waals surface area contributed by atoms with Crippen LogP contribution < -0.4 is 27.6 Å². The SMILES string of the molecule is CC(C)CCCc1cc(Cl)c(F)c(-c2cc3cn(-c4ccc(CN[C@H](CCN=C(N)N)CS(N)(=O)=O)cc4)c(=O)nc3[nH]2)c1. The summed E-state index contributed by atoms with van der Waals surface area (Å²) in [5, 5.41) is 9.08. The van der Waals surface area contributed by atoms with Crippen LogP contribution in [0, 0.1) is 11.7 Å². The molecule has 0 spiro atoms. The molecular weight excluding hydrogens is 607 g/mol. The number of nitrogens with one attached hydrogen (secondary N) is 2. The van der Waals surface area contributed by atoms with Crippen molar-refractivity contribution in [2.24, 2.45) is 27.5 Å². The maximum Gasteiger partial charge on any atom is 0.354 e. The molecule has 11 nitrogen and oxygen atoms in total. The van der Waals surface area contributed by atoms with Crippen LogP contribution in [-0.2, 0) is 23.0 Å². The average Bonchev–Trinajstić information content (AvgIpc) is 3.34. The van der Waals surface area contributed by atoms with Crippen molar-refractivity contribution in [2.75, 3.05) is 12.3 Å². The molecule has 0 aliphatic rings. The van der Waals surface area contributed by atoms with E-state index in [1.165, 1.54) is 4.57 Å². The molecule has 0 saturated carbocycles. The number of aromatic nitrogens is 3. The van der Waals surface area contributed by atoms with Crippen LogP contribution in [0.2, 0.25) is 5.02 Å². The fraction of sp³-hybridized carbons (Fsp3) is 0.367. The minimum Gasteiger partial charge on any atom is -0.370 e. The molecule has 8 N–H and O–H groups in total. The number of guanidine groups is 1. The third-order valence-electron chi connectivity index (χ3n) is 7.15. The van der Waals surface area contributed by atoms with Crippen molar-refractivity contribution in [3.05, 3.63) is 81.1 Å². The van der Waals surface area contributed by atoms with Crippen molar-refractivity contribution in [2.45, 2.75) is 52.1 Å². The summed E-state index contributed by atoms with van der Waals surface area (Å²) >= 11 is 6.24. The minimum atomic E-state index is -3.72. The molecule has 0 radical (unpaired) electrons. The number of sulfonamides is 1. The lowest BCUT2D eigenvalue weighted by Crippen LogP contribution is -2.38. The second-order valence-corrected chi connectivity index (χ2v) is 13.3. The van der Waals surface area contributed by atoms with Gasteiger partial charge in [0.1, 0.15) is 5.65 Å². The van der Waals surface area contributed by atoms with Gasteiger partial charge in [-0.25, -0.2) is 22.7 Å². The molecule has 0 bridgehead atoms. The van der Waals surface area contributed by atoms with E-state index >= 15 is 4.39 Å². The van der Waals surface area contributed by atoms with Crippen molar-refractivity contribution in [3.8, 4) is 16.9 Å². The highest BCUT2D eigenvalue weighted by atomic mass is 35.5. The van der Waals surface area contributed by atoms with Crippen LogP contribution in [0.3, 0.4) is 0 Å². The van der Waals surface area contributed by atoms with Gasteiger partial charge in [-0.2, -0.15) is 4.98 Å². The van der Waals surface area contributed by atoms with Crippen molar-refractivity contribution < 1.29 is 12.8 Å². The molecule has 0 aliphatic carbocycles.